The van der Waals surface area contributed by atoms with Crippen LogP contribution in [0.25, 0.3) is 0 Å². The van der Waals surface area contributed by atoms with Gasteiger partial charge in [0.15, 0.2) is 0 Å². The van der Waals surface area contributed by atoms with Gasteiger partial charge < -0.3 is 10.1 Å². The standard InChI is InChI=1S/C19H19Cl2N3OS/c1-11(2)17(15-5-3-4-6-22-15)18-19(24-16(10-25)23-18)26-14-8-12(20)7-13(21)9-14/h3-9,11,17,25H,10H2,1-2H3,(H,23,24). The van der Waals surface area contributed by atoms with Crippen LogP contribution >= 0.6 is 35.0 Å². The topological polar surface area (TPSA) is 61.8 Å². The van der Waals surface area contributed by atoms with Crippen molar-refractivity contribution in [3.05, 3.63) is 69.9 Å². The molecule has 0 aliphatic carbocycles. The van der Waals surface area contributed by atoms with E-state index in [9.17, 15) is 5.11 Å². The molecule has 7 heteroatoms. The fourth-order valence-electron chi connectivity index (χ4n) is 2.85. The van der Waals surface area contributed by atoms with Gasteiger partial charge >= 0.3 is 0 Å². The van der Waals surface area contributed by atoms with Gasteiger partial charge in [0.1, 0.15) is 17.5 Å². The van der Waals surface area contributed by atoms with E-state index in [0.717, 1.165) is 21.3 Å². The van der Waals surface area contributed by atoms with Crippen LogP contribution in [0.3, 0.4) is 0 Å². The van der Waals surface area contributed by atoms with Crippen LogP contribution in [0.4, 0.5) is 0 Å². The van der Waals surface area contributed by atoms with Gasteiger partial charge in [-0.2, -0.15) is 0 Å². The molecule has 0 aliphatic heterocycles. The molecule has 0 fully saturated rings. The van der Waals surface area contributed by atoms with Crippen molar-refractivity contribution in [1.82, 2.24) is 15.0 Å². The van der Waals surface area contributed by atoms with Gasteiger partial charge in [0.05, 0.1) is 5.69 Å². The maximum absolute atomic E-state index is 9.56. The lowest BCUT2D eigenvalue weighted by molar-refractivity contribution is 0.272. The minimum Gasteiger partial charge on any atom is -0.388 e. The summed E-state index contributed by atoms with van der Waals surface area (Å²) in [5, 5.41) is 11.6. The fraction of sp³-hybridized carbons (Fsp3) is 0.263. The normalized spacial score (nSPS) is 12.5. The number of rotatable bonds is 6. The Morgan fingerprint density at radius 1 is 1.15 bits per heavy atom. The van der Waals surface area contributed by atoms with Gasteiger partial charge in [-0.25, -0.2) is 4.98 Å². The van der Waals surface area contributed by atoms with Gasteiger partial charge in [0.25, 0.3) is 0 Å². The number of hydrogen-bond donors (Lipinski definition) is 2. The zero-order valence-corrected chi connectivity index (χ0v) is 16.7. The number of aliphatic hydroxyl groups is 1. The fourth-order valence-corrected chi connectivity index (χ4v) is 4.55. The number of halogens is 2. The van der Waals surface area contributed by atoms with Crippen LogP contribution < -0.4 is 0 Å². The third kappa shape index (κ3) is 4.41. The molecule has 4 nitrogen and oxygen atoms in total. The van der Waals surface area contributed by atoms with Crippen molar-refractivity contribution in [3.8, 4) is 0 Å². The molecule has 1 aromatic carbocycles. The third-order valence-electron chi connectivity index (χ3n) is 3.92. The largest absolute Gasteiger partial charge is 0.388 e. The second-order valence-electron chi connectivity index (χ2n) is 6.24. The molecule has 1 atom stereocenters. The van der Waals surface area contributed by atoms with E-state index in [-0.39, 0.29) is 18.4 Å². The molecular formula is C19H19Cl2N3OS. The number of hydrogen-bond acceptors (Lipinski definition) is 4. The highest BCUT2D eigenvalue weighted by Crippen LogP contribution is 2.39. The van der Waals surface area contributed by atoms with Crippen molar-refractivity contribution in [2.24, 2.45) is 5.92 Å². The van der Waals surface area contributed by atoms with E-state index in [1.807, 2.05) is 30.3 Å². The number of aromatic nitrogens is 3. The number of nitrogens with zero attached hydrogens (tertiary/aromatic N) is 2. The van der Waals surface area contributed by atoms with E-state index in [1.54, 1.807) is 12.3 Å². The number of aliphatic hydroxyl groups excluding tert-OH is 1. The van der Waals surface area contributed by atoms with Crippen molar-refractivity contribution in [1.29, 1.82) is 0 Å². The predicted octanol–water partition coefficient (Wildman–Crippen LogP) is 5.54. The van der Waals surface area contributed by atoms with Gasteiger partial charge in [0, 0.05) is 32.7 Å². The van der Waals surface area contributed by atoms with Crippen LogP contribution in [0.5, 0.6) is 0 Å². The Morgan fingerprint density at radius 3 is 2.46 bits per heavy atom. The Kier molecular flexibility index (Phi) is 6.24. The molecule has 0 saturated carbocycles. The summed E-state index contributed by atoms with van der Waals surface area (Å²) in [4.78, 5) is 13.3. The highest BCUT2D eigenvalue weighted by Gasteiger charge is 2.26. The number of imidazole rings is 1. The number of nitrogens with one attached hydrogen (secondary N) is 1. The molecule has 0 spiro atoms. The average molecular weight is 408 g/mol. The molecular weight excluding hydrogens is 389 g/mol. The van der Waals surface area contributed by atoms with Crippen molar-refractivity contribution in [2.45, 2.75) is 36.3 Å². The summed E-state index contributed by atoms with van der Waals surface area (Å²) in [6.07, 6.45) is 1.79. The zero-order valence-electron chi connectivity index (χ0n) is 14.4. The van der Waals surface area contributed by atoms with E-state index in [2.05, 4.69) is 28.8 Å². The Balaban J connectivity index is 2.04. The first kappa shape index (κ1) is 19.2. The smallest absolute Gasteiger partial charge is 0.133 e. The maximum Gasteiger partial charge on any atom is 0.133 e. The van der Waals surface area contributed by atoms with Crippen LogP contribution in [0.1, 0.15) is 37.0 Å². The van der Waals surface area contributed by atoms with Crippen LogP contribution in [-0.4, -0.2) is 20.1 Å². The molecule has 0 amide bonds. The Bertz CT molecular complexity index is 863. The first-order valence-electron chi connectivity index (χ1n) is 8.22. The maximum atomic E-state index is 9.56. The molecule has 1 unspecified atom stereocenters. The van der Waals surface area contributed by atoms with Gasteiger partial charge in [-0.3, -0.25) is 4.98 Å². The van der Waals surface area contributed by atoms with E-state index >= 15 is 0 Å². The summed E-state index contributed by atoms with van der Waals surface area (Å²) in [7, 11) is 0. The first-order valence-corrected chi connectivity index (χ1v) is 9.79. The summed E-state index contributed by atoms with van der Waals surface area (Å²) in [5.74, 6) is 0.809. The lowest BCUT2D eigenvalue weighted by atomic mass is 9.89. The van der Waals surface area contributed by atoms with Crippen molar-refractivity contribution < 1.29 is 5.11 Å². The van der Waals surface area contributed by atoms with Gasteiger partial charge in [-0.1, -0.05) is 54.9 Å². The molecule has 0 saturated heterocycles. The first-order chi connectivity index (χ1) is 12.5. The summed E-state index contributed by atoms with van der Waals surface area (Å²) in [5.41, 5.74) is 1.81. The SMILES string of the molecule is CC(C)C(c1ccccn1)c1nc(CO)[nH]c1Sc1cc(Cl)cc(Cl)c1. The van der Waals surface area contributed by atoms with Gasteiger partial charge in [-0.15, -0.1) is 0 Å². The average Bonchev–Trinajstić information content (AvgIpc) is 2.97. The molecule has 0 aliphatic rings. The van der Waals surface area contributed by atoms with Crippen LogP contribution in [0.2, 0.25) is 10.0 Å². The molecule has 0 bridgehead atoms. The summed E-state index contributed by atoms with van der Waals surface area (Å²) in [6.45, 7) is 4.12. The Hall–Kier alpha value is -1.53. The van der Waals surface area contributed by atoms with Crippen LogP contribution in [-0.2, 0) is 6.61 Å². The lowest BCUT2D eigenvalue weighted by Crippen LogP contribution is -2.11. The number of aromatic amines is 1. The second kappa shape index (κ2) is 8.44. The summed E-state index contributed by atoms with van der Waals surface area (Å²) >= 11 is 13.7. The van der Waals surface area contributed by atoms with E-state index in [1.165, 1.54) is 11.8 Å². The number of pyridine rings is 1. The predicted molar refractivity (Wildman–Crippen MR) is 106 cm³/mol. The Labute approximate surface area is 167 Å². The van der Waals surface area contributed by atoms with Crippen LogP contribution in [0.15, 0.2) is 52.5 Å². The molecule has 2 heterocycles. The minimum absolute atomic E-state index is 0.00454. The molecule has 3 aromatic rings. The molecule has 2 N–H and O–H groups in total. The van der Waals surface area contributed by atoms with Crippen molar-refractivity contribution in [2.75, 3.05) is 0 Å². The van der Waals surface area contributed by atoms with Gasteiger partial charge in [0.2, 0.25) is 0 Å². The van der Waals surface area contributed by atoms with Crippen molar-refractivity contribution >= 4 is 35.0 Å². The minimum atomic E-state index is -0.156. The summed E-state index contributed by atoms with van der Waals surface area (Å²) in [6, 6.07) is 11.3. The highest BCUT2D eigenvalue weighted by molar-refractivity contribution is 7.99. The second-order valence-corrected chi connectivity index (χ2v) is 8.20. The molecule has 26 heavy (non-hydrogen) atoms. The molecule has 2 aromatic heterocycles. The quantitative estimate of drug-likeness (QED) is 0.562. The zero-order chi connectivity index (χ0) is 18.7. The van der Waals surface area contributed by atoms with E-state index in [0.29, 0.717) is 15.9 Å². The lowest BCUT2D eigenvalue weighted by Gasteiger charge is -2.19. The molecule has 3 rings (SSSR count). The van der Waals surface area contributed by atoms with Gasteiger partial charge in [-0.05, 0) is 36.2 Å². The number of H-pyrrole nitrogens is 1. The molecule has 0 radical (unpaired) electrons. The molecule has 136 valence electrons. The monoisotopic (exact) mass is 407 g/mol. The van der Waals surface area contributed by atoms with E-state index < -0.39 is 0 Å². The highest BCUT2D eigenvalue weighted by atomic mass is 35.5. The third-order valence-corrected chi connectivity index (χ3v) is 5.34. The Morgan fingerprint density at radius 2 is 1.88 bits per heavy atom. The number of benzene rings is 1. The van der Waals surface area contributed by atoms with Crippen LogP contribution in [0, 0.1) is 5.92 Å². The van der Waals surface area contributed by atoms with E-state index in [4.69, 9.17) is 23.2 Å². The van der Waals surface area contributed by atoms with Crippen molar-refractivity contribution in [3.63, 3.8) is 0 Å². The summed E-state index contributed by atoms with van der Waals surface area (Å²) < 4.78 is 0.